The molecule has 2 aliphatic heterocycles. The van der Waals surface area contributed by atoms with Gasteiger partial charge in [-0.15, -0.1) is 0 Å². The Morgan fingerprint density at radius 2 is 1.91 bits per heavy atom. The van der Waals surface area contributed by atoms with Crippen LogP contribution in [0.25, 0.3) is 0 Å². The van der Waals surface area contributed by atoms with Crippen LogP contribution in [0.2, 0.25) is 0 Å². The van der Waals surface area contributed by atoms with Crippen molar-refractivity contribution in [2.45, 2.75) is 57.2 Å². The van der Waals surface area contributed by atoms with E-state index in [0.29, 0.717) is 25.1 Å². The lowest BCUT2D eigenvalue weighted by atomic mass is 9.79. The molecule has 5 nitrogen and oxygen atoms in total. The lowest BCUT2D eigenvalue weighted by molar-refractivity contribution is -0.143. The first kappa shape index (κ1) is 20.8. The molecule has 166 valence electrons. The standard InChI is InChI=1S/C25H25F2N3O2/c1-25(26,27)24(32)29-20-13-21(31)30(23(20)16-6-3-2-4-7-16)18-10-11-19-17(12-18)14-28-22(19)15-8-5-9-15/h2-4,6-7,10-12,15,20,23H,5,8-9,13-14H2,1H3,(H,29,32)/t20-,23+/m0/s1. The average Bonchev–Trinajstić information content (AvgIpc) is 3.27. The van der Waals surface area contributed by atoms with Gasteiger partial charge in [-0.25, -0.2) is 0 Å². The molecule has 1 N–H and O–H groups in total. The van der Waals surface area contributed by atoms with Crippen molar-refractivity contribution in [2.24, 2.45) is 10.9 Å². The van der Waals surface area contributed by atoms with Gasteiger partial charge in [0.05, 0.1) is 18.6 Å². The third-order valence-electron chi connectivity index (χ3n) is 6.73. The second-order valence-corrected chi connectivity index (χ2v) is 8.96. The summed E-state index contributed by atoms with van der Waals surface area (Å²) in [4.78, 5) is 31.5. The van der Waals surface area contributed by atoms with Crippen molar-refractivity contribution in [1.29, 1.82) is 0 Å². The number of anilines is 1. The summed E-state index contributed by atoms with van der Waals surface area (Å²) >= 11 is 0. The third-order valence-corrected chi connectivity index (χ3v) is 6.73. The molecule has 0 spiro atoms. The molecule has 2 amide bonds. The maximum Gasteiger partial charge on any atom is 0.321 e. The van der Waals surface area contributed by atoms with Gasteiger partial charge in [-0.3, -0.25) is 14.6 Å². The fraction of sp³-hybridized carbons (Fsp3) is 0.400. The minimum Gasteiger partial charge on any atom is -0.345 e. The summed E-state index contributed by atoms with van der Waals surface area (Å²) in [5.74, 6) is -4.56. The van der Waals surface area contributed by atoms with Crippen LogP contribution >= 0.6 is 0 Å². The van der Waals surface area contributed by atoms with Gasteiger partial charge in [0.15, 0.2) is 0 Å². The van der Waals surface area contributed by atoms with Crippen molar-refractivity contribution >= 4 is 23.2 Å². The van der Waals surface area contributed by atoms with Gasteiger partial charge in [0.1, 0.15) is 0 Å². The molecule has 1 aliphatic carbocycles. The SMILES string of the molecule is CC(F)(F)C(=O)N[C@H]1CC(=O)N(c2ccc3c(c2)CN=C3C2CCC2)[C@@H]1c1ccccc1. The van der Waals surface area contributed by atoms with Crippen molar-refractivity contribution < 1.29 is 18.4 Å². The average molecular weight is 437 g/mol. The van der Waals surface area contributed by atoms with Gasteiger partial charge in [-0.2, -0.15) is 8.78 Å². The Kier molecular flexibility index (Phi) is 5.07. The number of aliphatic imine (C=N–C) groups is 1. The van der Waals surface area contributed by atoms with Crippen LogP contribution in [0.4, 0.5) is 14.5 Å². The fourth-order valence-electron chi connectivity index (χ4n) is 4.89. The molecule has 2 atom stereocenters. The van der Waals surface area contributed by atoms with E-state index >= 15 is 0 Å². The van der Waals surface area contributed by atoms with Crippen molar-refractivity contribution in [3.05, 3.63) is 65.2 Å². The highest BCUT2D eigenvalue weighted by Gasteiger charge is 2.45. The fourth-order valence-corrected chi connectivity index (χ4v) is 4.89. The monoisotopic (exact) mass is 437 g/mol. The molecule has 3 aliphatic rings. The number of carbonyl (C=O) groups excluding carboxylic acids is 2. The maximum atomic E-state index is 13.6. The molecule has 2 fully saturated rings. The summed E-state index contributed by atoms with van der Waals surface area (Å²) in [6.07, 6.45) is 3.54. The van der Waals surface area contributed by atoms with Gasteiger partial charge in [-0.05, 0) is 36.1 Å². The van der Waals surface area contributed by atoms with Crippen molar-refractivity contribution in [1.82, 2.24) is 5.32 Å². The van der Waals surface area contributed by atoms with Crippen LogP contribution in [-0.4, -0.2) is 29.5 Å². The number of rotatable bonds is 5. The Hall–Kier alpha value is -3.09. The van der Waals surface area contributed by atoms with Crippen LogP contribution in [-0.2, 0) is 16.1 Å². The largest absolute Gasteiger partial charge is 0.345 e. The molecule has 5 rings (SSSR count). The molecule has 7 heteroatoms. The third kappa shape index (κ3) is 3.59. The highest BCUT2D eigenvalue weighted by molar-refractivity contribution is 6.06. The number of nitrogens with one attached hydrogen (secondary N) is 1. The lowest BCUT2D eigenvalue weighted by Gasteiger charge is -2.30. The van der Waals surface area contributed by atoms with E-state index in [-0.39, 0.29) is 12.3 Å². The van der Waals surface area contributed by atoms with E-state index in [0.717, 1.165) is 16.7 Å². The van der Waals surface area contributed by atoms with E-state index in [2.05, 4.69) is 5.32 Å². The van der Waals surface area contributed by atoms with E-state index in [1.54, 1.807) is 4.90 Å². The van der Waals surface area contributed by atoms with Gasteiger partial charge in [0.25, 0.3) is 5.91 Å². The highest BCUT2D eigenvalue weighted by atomic mass is 19.3. The topological polar surface area (TPSA) is 61.8 Å². The first-order valence-electron chi connectivity index (χ1n) is 11.1. The Labute approximate surface area is 185 Å². The van der Waals surface area contributed by atoms with E-state index in [1.165, 1.54) is 25.0 Å². The van der Waals surface area contributed by atoms with Crippen LogP contribution in [0.15, 0.2) is 53.5 Å². The number of carbonyl (C=O) groups is 2. The minimum atomic E-state index is -3.51. The Morgan fingerprint density at radius 3 is 2.56 bits per heavy atom. The number of benzene rings is 2. The molecule has 0 aromatic heterocycles. The van der Waals surface area contributed by atoms with Crippen LogP contribution in [0.5, 0.6) is 0 Å². The second kappa shape index (κ2) is 7.80. The first-order chi connectivity index (χ1) is 15.3. The normalized spacial score (nSPS) is 23.0. The van der Waals surface area contributed by atoms with Crippen LogP contribution in [0.1, 0.15) is 55.3 Å². The van der Waals surface area contributed by atoms with Crippen LogP contribution in [0.3, 0.4) is 0 Å². The predicted molar refractivity (Wildman–Crippen MR) is 118 cm³/mol. The number of fused-ring (bicyclic) bond motifs is 1. The summed E-state index contributed by atoms with van der Waals surface area (Å²) in [5.41, 5.74) is 4.89. The maximum absolute atomic E-state index is 13.6. The molecule has 0 unspecified atom stereocenters. The summed E-state index contributed by atoms with van der Waals surface area (Å²) < 4.78 is 27.2. The van der Waals surface area contributed by atoms with Gasteiger partial charge in [-0.1, -0.05) is 42.8 Å². The van der Waals surface area contributed by atoms with E-state index in [9.17, 15) is 18.4 Å². The number of amides is 2. The quantitative estimate of drug-likeness (QED) is 0.753. The molecule has 2 aromatic carbocycles. The molecule has 0 bridgehead atoms. The molecule has 2 aromatic rings. The zero-order valence-electron chi connectivity index (χ0n) is 17.9. The number of hydrogen-bond donors (Lipinski definition) is 1. The summed E-state index contributed by atoms with van der Waals surface area (Å²) in [7, 11) is 0. The number of alkyl halides is 2. The van der Waals surface area contributed by atoms with Gasteiger partial charge < -0.3 is 10.2 Å². The Balaban J connectivity index is 1.48. The molecule has 2 heterocycles. The molecule has 1 saturated heterocycles. The smallest absolute Gasteiger partial charge is 0.321 e. The van der Waals surface area contributed by atoms with Gasteiger partial charge in [0.2, 0.25) is 5.91 Å². The van der Waals surface area contributed by atoms with Crippen molar-refractivity contribution in [3.63, 3.8) is 0 Å². The highest BCUT2D eigenvalue weighted by Crippen LogP contribution is 2.40. The van der Waals surface area contributed by atoms with E-state index in [4.69, 9.17) is 4.99 Å². The van der Waals surface area contributed by atoms with Crippen LogP contribution in [0, 0.1) is 5.92 Å². The van der Waals surface area contributed by atoms with Gasteiger partial charge in [0, 0.05) is 36.2 Å². The number of hydrogen-bond acceptors (Lipinski definition) is 3. The predicted octanol–water partition coefficient (Wildman–Crippen LogP) is 4.41. The zero-order chi connectivity index (χ0) is 22.5. The second-order valence-electron chi connectivity index (χ2n) is 8.96. The number of halogens is 2. The van der Waals surface area contributed by atoms with Crippen molar-refractivity contribution in [2.75, 3.05) is 4.90 Å². The Bertz CT molecular complexity index is 1090. The van der Waals surface area contributed by atoms with Crippen LogP contribution < -0.4 is 10.2 Å². The lowest BCUT2D eigenvalue weighted by Crippen LogP contribution is -2.46. The van der Waals surface area contributed by atoms with Crippen molar-refractivity contribution in [3.8, 4) is 0 Å². The summed E-state index contributed by atoms with van der Waals surface area (Å²) in [6.45, 7) is 1.16. The molecule has 1 saturated carbocycles. The Morgan fingerprint density at radius 1 is 1.16 bits per heavy atom. The van der Waals surface area contributed by atoms with Gasteiger partial charge >= 0.3 is 5.92 Å². The van der Waals surface area contributed by atoms with E-state index < -0.39 is 23.9 Å². The molecule has 32 heavy (non-hydrogen) atoms. The molecule has 0 radical (unpaired) electrons. The summed E-state index contributed by atoms with van der Waals surface area (Å²) in [6, 6.07) is 13.8. The summed E-state index contributed by atoms with van der Waals surface area (Å²) in [5, 5.41) is 2.41. The molecular formula is C25H25F2N3O2. The molecular weight excluding hydrogens is 412 g/mol. The zero-order valence-corrected chi connectivity index (χ0v) is 17.9. The first-order valence-corrected chi connectivity index (χ1v) is 11.1. The minimum absolute atomic E-state index is 0.0394. The number of nitrogens with zero attached hydrogens (tertiary/aromatic N) is 2. The van der Waals surface area contributed by atoms with E-state index in [1.807, 2.05) is 48.5 Å².